The van der Waals surface area contributed by atoms with Crippen LogP contribution in [0.2, 0.25) is 0 Å². The van der Waals surface area contributed by atoms with Gasteiger partial charge in [0.15, 0.2) is 0 Å². The molecule has 3 nitrogen and oxygen atoms in total. The highest BCUT2D eigenvalue weighted by Crippen LogP contribution is 2.38. The smallest absolute Gasteiger partial charge is 0.0644 e. The Hall–Kier alpha value is -0.120. The first-order valence-electron chi connectivity index (χ1n) is 8.41. The summed E-state index contributed by atoms with van der Waals surface area (Å²) in [6.07, 6.45) is 4.51. The number of hydrogen-bond acceptors (Lipinski definition) is 3. The number of ether oxygens (including phenoxy) is 1. The Labute approximate surface area is 126 Å². The molecule has 1 atom stereocenters. The highest BCUT2D eigenvalue weighted by molar-refractivity contribution is 5.01. The maximum absolute atomic E-state index is 6.29. The molecule has 0 bridgehead atoms. The van der Waals surface area contributed by atoms with Crippen LogP contribution in [0.15, 0.2) is 0 Å². The lowest BCUT2D eigenvalue weighted by atomic mass is 9.78. The second kappa shape index (κ2) is 7.24. The van der Waals surface area contributed by atoms with Crippen molar-refractivity contribution in [1.29, 1.82) is 0 Å². The van der Waals surface area contributed by atoms with Gasteiger partial charge in [0.25, 0.3) is 0 Å². The minimum absolute atomic E-state index is 0.0567. The lowest BCUT2D eigenvalue weighted by molar-refractivity contribution is -0.129. The van der Waals surface area contributed by atoms with Crippen LogP contribution < -0.4 is 5.73 Å². The summed E-state index contributed by atoms with van der Waals surface area (Å²) in [5.41, 5.74) is 6.34. The first-order chi connectivity index (χ1) is 9.30. The average Bonchev–Trinajstić information content (AvgIpc) is 2.37. The minimum Gasteiger partial charge on any atom is -0.375 e. The van der Waals surface area contributed by atoms with Gasteiger partial charge in [0, 0.05) is 31.3 Å². The summed E-state index contributed by atoms with van der Waals surface area (Å²) in [7, 11) is 0. The lowest BCUT2D eigenvalue weighted by Gasteiger charge is -2.53. The fourth-order valence-electron chi connectivity index (χ4n) is 3.84. The summed E-state index contributed by atoms with van der Waals surface area (Å²) >= 11 is 0. The number of nitrogens with zero attached hydrogens (tertiary/aromatic N) is 1. The first kappa shape index (κ1) is 17.9. The molecule has 1 aliphatic heterocycles. The van der Waals surface area contributed by atoms with E-state index in [-0.39, 0.29) is 11.1 Å². The van der Waals surface area contributed by atoms with Crippen molar-refractivity contribution in [3.8, 4) is 0 Å². The van der Waals surface area contributed by atoms with E-state index in [2.05, 4.69) is 46.4 Å². The molecule has 0 aromatic heterocycles. The van der Waals surface area contributed by atoms with Crippen LogP contribution >= 0.6 is 0 Å². The van der Waals surface area contributed by atoms with Crippen molar-refractivity contribution < 1.29 is 4.74 Å². The third-order valence-electron chi connectivity index (χ3n) is 4.75. The largest absolute Gasteiger partial charge is 0.375 e. The molecular weight excluding hydrogens is 248 g/mol. The molecule has 0 amide bonds. The highest BCUT2D eigenvalue weighted by Gasteiger charge is 2.45. The first-order valence-corrected chi connectivity index (χ1v) is 8.41. The van der Waals surface area contributed by atoms with Gasteiger partial charge in [-0.2, -0.15) is 0 Å². The van der Waals surface area contributed by atoms with Gasteiger partial charge in [0.2, 0.25) is 0 Å². The summed E-state index contributed by atoms with van der Waals surface area (Å²) < 4.78 is 5.94. The zero-order chi connectivity index (χ0) is 15.4. The molecule has 0 spiro atoms. The van der Waals surface area contributed by atoms with Crippen molar-refractivity contribution >= 4 is 0 Å². The molecule has 0 radical (unpaired) electrons. The van der Waals surface area contributed by atoms with Crippen LogP contribution in [0.1, 0.15) is 67.2 Å². The second-order valence-electron chi connectivity index (χ2n) is 7.48. The molecule has 3 heteroatoms. The Morgan fingerprint density at radius 2 is 1.80 bits per heavy atom. The zero-order valence-electron chi connectivity index (χ0n) is 14.5. The van der Waals surface area contributed by atoms with E-state index in [1.54, 1.807) is 0 Å². The van der Waals surface area contributed by atoms with E-state index in [1.807, 2.05) is 0 Å². The molecule has 1 aliphatic rings. The van der Waals surface area contributed by atoms with E-state index in [4.69, 9.17) is 10.5 Å². The molecule has 20 heavy (non-hydrogen) atoms. The molecule has 1 heterocycles. The van der Waals surface area contributed by atoms with Gasteiger partial charge < -0.3 is 10.5 Å². The predicted octanol–water partition coefficient (Wildman–Crippen LogP) is 3.42. The number of nitrogens with two attached hydrogens (primary N) is 1. The Kier molecular flexibility index (Phi) is 6.49. The van der Waals surface area contributed by atoms with Crippen molar-refractivity contribution in [2.24, 2.45) is 11.7 Å². The second-order valence-corrected chi connectivity index (χ2v) is 7.48. The molecule has 1 unspecified atom stereocenters. The minimum atomic E-state index is -0.0567. The summed E-state index contributed by atoms with van der Waals surface area (Å²) in [5.74, 6) is 0.671. The molecule has 2 N–H and O–H groups in total. The van der Waals surface area contributed by atoms with E-state index < -0.39 is 0 Å². The SMILES string of the molecule is CCC(CC)N(CC(C)C)C1(CN)CCOC(C)(C)C1. The summed E-state index contributed by atoms with van der Waals surface area (Å²) in [4.78, 5) is 2.72. The molecule has 0 aromatic rings. The van der Waals surface area contributed by atoms with Gasteiger partial charge in [-0.05, 0) is 45.4 Å². The average molecular weight is 284 g/mol. The van der Waals surface area contributed by atoms with Crippen molar-refractivity contribution in [2.75, 3.05) is 19.7 Å². The van der Waals surface area contributed by atoms with Crippen molar-refractivity contribution in [3.05, 3.63) is 0 Å². The van der Waals surface area contributed by atoms with E-state index in [0.29, 0.717) is 12.0 Å². The predicted molar refractivity (Wildman–Crippen MR) is 87.0 cm³/mol. The van der Waals surface area contributed by atoms with E-state index in [0.717, 1.165) is 32.5 Å². The topological polar surface area (TPSA) is 38.5 Å². The Morgan fingerprint density at radius 1 is 1.20 bits per heavy atom. The van der Waals surface area contributed by atoms with Crippen LogP contribution in [-0.2, 0) is 4.74 Å². The van der Waals surface area contributed by atoms with Crippen LogP contribution in [0, 0.1) is 5.92 Å². The van der Waals surface area contributed by atoms with Gasteiger partial charge in [-0.15, -0.1) is 0 Å². The van der Waals surface area contributed by atoms with Crippen LogP contribution in [0.5, 0.6) is 0 Å². The molecule has 120 valence electrons. The van der Waals surface area contributed by atoms with Crippen molar-refractivity contribution in [3.63, 3.8) is 0 Å². The Balaban J connectivity index is 3.05. The van der Waals surface area contributed by atoms with Gasteiger partial charge in [-0.25, -0.2) is 0 Å². The maximum Gasteiger partial charge on any atom is 0.0644 e. The van der Waals surface area contributed by atoms with Gasteiger partial charge in [-0.3, -0.25) is 4.90 Å². The number of rotatable bonds is 7. The Morgan fingerprint density at radius 3 is 2.20 bits per heavy atom. The third kappa shape index (κ3) is 4.19. The van der Waals surface area contributed by atoms with Gasteiger partial charge in [-0.1, -0.05) is 27.7 Å². The standard InChI is InChI=1S/C17H36N2O/c1-7-15(8-2)19(11-14(3)4)17(13-18)9-10-20-16(5,6)12-17/h14-15H,7-13,18H2,1-6H3. The molecule has 0 aliphatic carbocycles. The summed E-state index contributed by atoms with van der Waals surface area (Å²) in [6, 6.07) is 0.634. The summed E-state index contributed by atoms with van der Waals surface area (Å²) in [6.45, 7) is 16.3. The van der Waals surface area contributed by atoms with E-state index >= 15 is 0 Å². The van der Waals surface area contributed by atoms with Crippen molar-refractivity contribution in [1.82, 2.24) is 4.90 Å². The number of hydrogen-bond donors (Lipinski definition) is 1. The molecule has 1 saturated heterocycles. The van der Waals surface area contributed by atoms with Gasteiger partial charge in [0.1, 0.15) is 0 Å². The third-order valence-corrected chi connectivity index (χ3v) is 4.75. The van der Waals surface area contributed by atoms with Gasteiger partial charge in [0.05, 0.1) is 5.60 Å². The summed E-state index contributed by atoms with van der Waals surface area (Å²) in [5, 5.41) is 0. The van der Waals surface area contributed by atoms with Crippen LogP contribution in [0.4, 0.5) is 0 Å². The molecule has 1 fully saturated rings. The van der Waals surface area contributed by atoms with E-state index in [9.17, 15) is 0 Å². The fourth-order valence-corrected chi connectivity index (χ4v) is 3.84. The lowest BCUT2D eigenvalue weighted by Crippen LogP contribution is -2.63. The van der Waals surface area contributed by atoms with Gasteiger partial charge >= 0.3 is 0 Å². The molecular formula is C17H36N2O. The zero-order valence-corrected chi connectivity index (χ0v) is 14.5. The monoisotopic (exact) mass is 284 g/mol. The van der Waals surface area contributed by atoms with Crippen molar-refractivity contribution in [2.45, 2.75) is 84.4 Å². The Bertz CT molecular complexity index is 287. The maximum atomic E-state index is 6.29. The molecule has 0 aromatic carbocycles. The van der Waals surface area contributed by atoms with E-state index in [1.165, 1.54) is 12.8 Å². The molecule has 1 rings (SSSR count). The fraction of sp³-hybridized carbons (Fsp3) is 1.00. The normalized spacial score (nSPS) is 26.7. The quantitative estimate of drug-likeness (QED) is 0.778. The van der Waals surface area contributed by atoms with Crippen LogP contribution in [0.25, 0.3) is 0 Å². The van der Waals surface area contributed by atoms with Crippen LogP contribution in [-0.4, -0.2) is 41.8 Å². The highest BCUT2D eigenvalue weighted by atomic mass is 16.5. The molecule has 0 saturated carbocycles. The van der Waals surface area contributed by atoms with Crippen LogP contribution in [0.3, 0.4) is 0 Å².